The highest BCUT2D eigenvalue weighted by atomic mass is 15.1. The van der Waals surface area contributed by atoms with Gasteiger partial charge in [-0.15, -0.1) is 0 Å². The highest BCUT2D eigenvalue weighted by Gasteiger charge is 1.87. The summed E-state index contributed by atoms with van der Waals surface area (Å²) in [5.74, 6) is 0. The second kappa shape index (κ2) is 8.34. The first-order chi connectivity index (χ1) is 11.9. The average molecular weight is 311 g/mol. The van der Waals surface area contributed by atoms with Crippen LogP contribution in [0.4, 0.5) is 11.4 Å². The molecule has 3 nitrogen and oxygen atoms in total. The molecule has 0 aliphatic heterocycles. The number of hydrogen-bond acceptors (Lipinski definition) is 3. The van der Waals surface area contributed by atoms with Gasteiger partial charge < -0.3 is 0 Å². The number of azo groups is 1. The Morgan fingerprint density at radius 1 is 0.500 bits per heavy atom. The maximum absolute atomic E-state index is 4.18. The normalized spacial score (nSPS) is 10.3. The minimum atomic E-state index is 0.872. The zero-order valence-electron chi connectivity index (χ0n) is 13.2. The van der Waals surface area contributed by atoms with E-state index >= 15 is 0 Å². The number of pyridine rings is 1. The predicted molar refractivity (Wildman–Crippen MR) is 98.8 cm³/mol. The molecule has 0 fully saturated rings. The Morgan fingerprint density at radius 2 is 1.00 bits per heavy atom. The fourth-order valence-electron chi connectivity index (χ4n) is 2.12. The van der Waals surface area contributed by atoms with Gasteiger partial charge in [0.2, 0.25) is 0 Å². The van der Waals surface area contributed by atoms with Crippen LogP contribution in [0.25, 0.3) is 10.9 Å². The summed E-state index contributed by atoms with van der Waals surface area (Å²) in [5.41, 5.74) is 2.80. The first kappa shape index (κ1) is 15.6. The van der Waals surface area contributed by atoms with Crippen molar-refractivity contribution in [2.75, 3.05) is 0 Å². The molecule has 0 N–H and O–H groups in total. The van der Waals surface area contributed by atoms with Crippen molar-refractivity contribution in [1.29, 1.82) is 0 Å². The van der Waals surface area contributed by atoms with Crippen LogP contribution in [0.1, 0.15) is 0 Å². The van der Waals surface area contributed by atoms with Gasteiger partial charge in [-0.2, -0.15) is 10.2 Å². The van der Waals surface area contributed by atoms with Crippen LogP contribution in [0.15, 0.2) is 113 Å². The molecule has 1 heterocycles. The van der Waals surface area contributed by atoms with Gasteiger partial charge in [-0.25, -0.2) is 0 Å². The van der Waals surface area contributed by atoms with Crippen LogP contribution < -0.4 is 0 Å². The second-order valence-electron chi connectivity index (χ2n) is 5.07. The molecule has 3 heteroatoms. The van der Waals surface area contributed by atoms with E-state index in [0.29, 0.717) is 0 Å². The van der Waals surface area contributed by atoms with E-state index in [-0.39, 0.29) is 0 Å². The van der Waals surface area contributed by atoms with Crippen molar-refractivity contribution in [2.45, 2.75) is 0 Å². The van der Waals surface area contributed by atoms with Crippen molar-refractivity contribution in [3.05, 3.63) is 103 Å². The Hall–Kier alpha value is -3.33. The van der Waals surface area contributed by atoms with E-state index in [0.717, 1.165) is 16.9 Å². The standard InChI is InChI=1S/C12H10N2.C9H7N/c1-3-7-11(8-4-1)13-14-12-9-5-2-6-10-12;1-2-6-9-8(4-1)5-3-7-10-9/h1-10H;1-7H. The maximum atomic E-state index is 4.18. The lowest BCUT2D eigenvalue weighted by molar-refractivity contribution is 1.23. The lowest BCUT2D eigenvalue weighted by Gasteiger charge is -1.91. The third-order valence-electron chi connectivity index (χ3n) is 3.31. The predicted octanol–water partition coefficient (Wildman–Crippen LogP) is 6.34. The minimum Gasteiger partial charge on any atom is -0.256 e. The summed E-state index contributed by atoms with van der Waals surface area (Å²) in [4.78, 5) is 4.18. The summed E-state index contributed by atoms with van der Waals surface area (Å²) < 4.78 is 0. The lowest BCUT2D eigenvalue weighted by atomic mass is 10.2. The highest BCUT2D eigenvalue weighted by molar-refractivity contribution is 5.77. The van der Waals surface area contributed by atoms with Crippen molar-refractivity contribution in [3.63, 3.8) is 0 Å². The number of aromatic nitrogens is 1. The molecule has 3 aromatic carbocycles. The van der Waals surface area contributed by atoms with E-state index in [4.69, 9.17) is 0 Å². The summed E-state index contributed by atoms with van der Waals surface area (Å²) in [6.45, 7) is 0. The monoisotopic (exact) mass is 311 g/mol. The molecule has 0 saturated heterocycles. The first-order valence-corrected chi connectivity index (χ1v) is 7.73. The molecule has 0 amide bonds. The summed E-state index contributed by atoms with van der Waals surface area (Å²) in [7, 11) is 0. The summed E-state index contributed by atoms with van der Waals surface area (Å²) >= 11 is 0. The van der Waals surface area contributed by atoms with Crippen LogP contribution in [-0.2, 0) is 0 Å². The minimum absolute atomic E-state index is 0.872. The Balaban J connectivity index is 0.000000149. The topological polar surface area (TPSA) is 37.6 Å². The van der Waals surface area contributed by atoms with Crippen LogP contribution in [0.5, 0.6) is 0 Å². The van der Waals surface area contributed by atoms with E-state index in [2.05, 4.69) is 27.3 Å². The van der Waals surface area contributed by atoms with Crippen LogP contribution >= 0.6 is 0 Å². The van der Waals surface area contributed by atoms with Crippen molar-refractivity contribution < 1.29 is 0 Å². The van der Waals surface area contributed by atoms with E-state index in [9.17, 15) is 0 Å². The third-order valence-corrected chi connectivity index (χ3v) is 3.31. The van der Waals surface area contributed by atoms with Crippen LogP contribution in [0, 0.1) is 0 Å². The molecule has 1 aromatic heterocycles. The molecule has 0 aliphatic carbocycles. The first-order valence-electron chi connectivity index (χ1n) is 7.73. The molecule has 116 valence electrons. The molecular formula is C21H17N3. The summed E-state index contributed by atoms with van der Waals surface area (Å²) in [6.07, 6.45) is 1.81. The molecule has 0 saturated carbocycles. The van der Waals surface area contributed by atoms with Gasteiger partial charge in [0.15, 0.2) is 0 Å². The van der Waals surface area contributed by atoms with Gasteiger partial charge in [-0.1, -0.05) is 60.7 Å². The molecule has 0 atom stereocenters. The van der Waals surface area contributed by atoms with E-state index in [1.165, 1.54) is 5.39 Å². The molecule has 4 rings (SSSR count). The molecule has 0 radical (unpaired) electrons. The Kier molecular flexibility index (Phi) is 5.41. The molecular weight excluding hydrogens is 294 g/mol. The van der Waals surface area contributed by atoms with E-state index in [1.54, 1.807) is 0 Å². The summed E-state index contributed by atoms with van der Waals surface area (Å²) in [5, 5.41) is 9.40. The number of nitrogens with zero attached hydrogens (tertiary/aromatic N) is 3. The molecule has 0 unspecified atom stereocenters. The number of para-hydroxylation sites is 1. The van der Waals surface area contributed by atoms with Crippen molar-refractivity contribution in [3.8, 4) is 0 Å². The lowest BCUT2D eigenvalue weighted by Crippen LogP contribution is -1.73. The van der Waals surface area contributed by atoms with Crippen LogP contribution in [0.3, 0.4) is 0 Å². The largest absolute Gasteiger partial charge is 0.256 e. The molecule has 24 heavy (non-hydrogen) atoms. The second-order valence-corrected chi connectivity index (χ2v) is 5.07. The zero-order chi connectivity index (χ0) is 16.5. The Morgan fingerprint density at radius 3 is 1.58 bits per heavy atom. The average Bonchev–Trinajstić information content (AvgIpc) is 2.69. The zero-order valence-corrected chi connectivity index (χ0v) is 13.2. The van der Waals surface area contributed by atoms with Gasteiger partial charge in [0.05, 0.1) is 16.9 Å². The van der Waals surface area contributed by atoms with Gasteiger partial charge in [-0.3, -0.25) is 4.98 Å². The van der Waals surface area contributed by atoms with E-state index in [1.807, 2.05) is 91.1 Å². The quantitative estimate of drug-likeness (QED) is 0.398. The number of benzene rings is 3. The van der Waals surface area contributed by atoms with Crippen LogP contribution in [0.2, 0.25) is 0 Å². The van der Waals surface area contributed by atoms with Crippen molar-refractivity contribution in [1.82, 2.24) is 4.98 Å². The number of hydrogen-bond donors (Lipinski definition) is 0. The van der Waals surface area contributed by atoms with Crippen LogP contribution in [-0.4, -0.2) is 4.98 Å². The third kappa shape index (κ3) is 4.58. The van der Waals surface area contributed by atoms with Crippen molar-refractivity contribution in [2.24, 2.45) is 10.2 Å². The molecule has 0 bridgehead atoms. The van der Waals surface area contributed by atoms with Gasteiger partial charge in [-0.05, 0) is 36.4 Å². The van der Waals surface area contributed by atoms with E-state index < -0.39 is 0 Å². The number of fused-ring (bicyclic) bond motifs is 1. The maximum Gasteiger partial charge on any atom is 0.0857 e. The number of rotatable bonds is 2. The fraction of sp³-hybridized carbons (Fsp3) is 0. The summed E-state index contributed by atoms with van der Waals surface area (Å²) in [6, 6.07) is 31.5. The van der Waals surface area contributed by atoms with Gasteiger partial charge in [0, 0.05) is 11.6 Å². The fourth-order valence-corrected chi connectivity index (χ4v) is 2.12. The highest BCUT2D eigenvalue weighted by Crippen LogP contribution is 2.16. The molecule has 4 aromatic rings. The SMILES string of the molecule is c1ccc(N=Nc2ccccc2)cc1.c1ccc2ncccc2c1. The smallest absolute Gasteiger partial charge is 0.0857 e. The molecule has 0 spiro atoms. The Labute approximate surface area is 141 Å². The van der Waals surface area contributed by atoms with Gasteiger partial charge in [0.25, 0.3) is 0 Å². The van der Waals surface area contributed by atoms with Crippen molar-refractivity contribution >= 4 is 22.3 Å². The molecule has 0 aliphatic rings. The van der Waals surface area contributed by atoms with Gasteiger partial charge in [0.1, 0.15) is 0 Å². The Bertz CT molecular complexity index is 797. The van der Waals surface area contributed by atoms with Gasteiger partial charge >= 0.3 is 0 Å².